The van der Waals surface area contributed by atoms with Crippen LogP contribution in [0, 0.1) is 11.8 Å². The monoisotopic (exact) mass is 251 g/mol. The van der Waals surface area contributed by atoms with Crippen LogP contribution in [0.15, 0.2) is 0 Å². The summed E-state index contributed by atoms with van der Waals surface area (Å²) >= 11 is 0. The molecule has 2 unspecified atom stereocenters. The second-order valence-electron chi connectivity index (χ2n) is 6.43. The van der Waals surface area contributed by atoms with Gasteiger partial charge in [0.25, 0.3) is 0 Å². The molecule has 0 aromatic heterocycles. The Morgan fingerprint density at radius 2 is 1.61 bits per heavy atom. The number of carboxylic acid groups (broad SMARTS) is 1. The van der Waals surface area contributed by atoms with Gasteiger partial charge >= 0.3 is 5.97 Å². The zero-order valence-electron chi connectivity index (χ0n) is 11.2. The van der Waals surface area contributed by atoms with Crippen molar-refractivity contribution in [2.75, 3.05) is 6.54 Å². The van der Waals surface area contributed by atoms with Crippen molar-refractivity contribution in [3.05, 3.63) is 0 Å². The molecule has 0 aromatic carbocycles. The molecule has 102 valence electrons. The molecule has 4 atom stereocenters. The fourth-order valence-electron chi connectivity index (χ4n) is 4.70. The highest BCUT2D eigenvalue weighted by atomic mass is 16.4. The molecule has 3 rings (SSSR count). The van der Waals surface area contributed by atoms with Crippen molar-refractivity contribution in [3.63, 3.8) is 0 Å². The van der Waals surface area contributed by atoms with Crippen molar-refractivity contribution in [1.82, 2.24) is 4.90 Å². The molecule has 1 heterocycles. The Bertz CT molecular complexity index is 316. The summed E-state index contributed by atoms with van der Waals surface area (Å²) in [5, 5.41) is 9.38. The van der Waals surface area contributed by atoms with E-state index in [1.54, 1.807) is 0 Å². The molecule has 3 fully saturated rings. The fraction of sp³-hybridized carbons (Fsp3) is 0.933. The Labute approximate surface area is 110 Å². The molecule has 0 spiro atoms. The van der Waals surface area contributed by atoms with Gasteiger partial charge in [0.15, 0.2) is 0 Å². The first-order valence-electron chi connectivity index (χ1n) is 7.76. The van der Waals surface area contributed by atoms with Gasteiger partial charge in [-0.25, -0.2) is 0 Å². The van der Waals surface area contributed by atoms with Crippen LogP contribution in [-0.2, 0) is 4.79 Å². The Morgan fingerprint density at radius 3 is 2.44 bits per heavy atom. The summed E-state index contributed by atoms with van der Waals surface area (Å²) in [6.07, 6.45) is 11.2. The third-order valence-electron chi connectivity index (χ3n) is 5.51. The van der Waals surface area contributed by atoms with Crippen LogP contribution in [0.1, 0.15) is 57.8 Å². The van der Waals surface area contributed by atoms with Gasteiger partial charge in [-0.2, -0.15) is 0 Å². The van der Waals surface area contributed by atoms with Crippen molar-refractivity contribution < 1.29 is 9.90 Å². The second kappa shape index (κ2) is 5.20. The smallest absolute Gasteiger partial charge is 0.308 e. The summed E-state index contributed by atoms with van der Waals surface area (Å²) in [6.45, 7) is 1.15. The first kappa shape index (κ1) is 12.5. The second-order valence-corrected chi connectivity index (χ2v) is 6.43. The topological polar surface area (TPSA) is 40.5 Å². The minimum atomic E-state index is -0.560. The zero-order chi connectivity index (χ0) is 12.5. The number of fused-ring (bicyclic) bond motifs is 1. The van der Waals surface area contributed by atoms with Gasteiger partial charge in [0.1, 0.15) is 0 Å². The summed E-state index contributed by atoms with van der Waals surface area (Å²) in [6, 6.07) is 1.05. The summed E-state index contributed by atoms with van der Waals surface area (Å²) in [7, 11) is 0. The number of hydrogen-bond acceptors (Lipinski definition) is 2. The number of nitrogens with zero attached hydrogens (tertiary/aromatic N) is 1. The van der Waals surface area contributed by atoms with Gasteiger partial charge in [0, 0.05) is 12.1 Å². The third-order valence-corrected chi connectivity index (χ3v) is 5.51. The predicted molar refractivity (Wildman–Crippen MR) is 70.5 cm³/mol. The van der Waals surface area contributed by atoms with Gasteiger partial charge in [-0.3, -0.25) is 9.69 Å². The quantitative estimate of drug-likeness (QED) is 0.820. The molecular weight excluding hydrogens is 226 g/mol. The molecule has 1 N–H and O–H groups in total. The Balaban J connectivity index is 1.75. The van der Waals surface area contributed by atoms with E-state index in [1.807, 2.05) is 0 Å². The number of piperidine rings is 1. The minimum Gasteiger partial charge on any atom is -0.481 e. The van der Waals surface area contributed by atoms with E-state index in [0.29, 0.717) is 12.1 Å². The number of rotatable bonds is 2. The Hall–Kier alpha value is -0.570. The van der Waals surface area contributed by atoms with Crippen molar-refractivity contribution in [2.24, 2.45) is 11.8 Å². The highest BCUT2D eigenvalue weighted by Gasteiger charge is 2.43. The van der Waals surface area contributed by atoms with Crippen molar-refractivity contribution in [3.8, 4) is 0 Å². The lowest BCUT2D eigenvalue weighted by molar-refractivity contribution is -0.144. The predicted octanol–water partition coefficient (Wildman–Crippen LogP) is 2.89. The molecule has 0 radical (unpaired) electrons. The van der Waals surface area contributed by atoms with E-state index in [0.717, 1.165) is 31.7 Å². The van der Waals surface area contributed by atoms with Crippen molar-refractivity contribution in [1.29, 1.82) is 0 Å². The lowest BCUT2D eigenvalue weighted by Gasteiger charge is -2.47. The molecule has 0 amide bonds. The lowest BCUT2D eigenvalue weighted by atomic mass is 9.77. The standard InChI is InChI=1S/C15H25NO2/c17-15(18)12-7-3-9-14(12)16-10-4-6-11-5-1-2-8-13(11)16/h11-14H,1-10H2,(H,17,18)/t11-,12?,13-,14?/m1/s1. The summed E-state index contributed by atoms with van der Waals surface area (Å²) in [4.78, 5) is 14.0. The van der Waals surface area contributed by atoms with Gasteiger partial charge in [-0.05, 0) is 51.0 Å². The molecule has 0 bridgehead atoms. The average Bonchev–Trinajstić information content (AvgIpc) is 2.87. The largest absolute Gasteiger partial charge is 0.481 e. The summed E-state index contributed by atoms with van der Waals surface area (Å²) < 4.78 is 0. The molecule has 3 aliphatic rings. The third kappa shape index (κ3) is 2.18. The van der Waals surface area contributed by atoms with Crippen molar-refractivity contribution in [2.45, 2.75) is 69.9 Å². The van der Waals surface area contributed by atoms with Crippen molar-refractivity contribution >= 4 is 5.97 Å². The first-order chi connectivity index (χ1) is 8.77. The lowest BCUT2D eigenvalue weighted by Crippen LogP contribution is -2.53. The van der Waals surface area contributed by atoms with E-state index in [-0.39, 0.29) is 5.92 Å². The van der Waals surface area contributed by atoms with Crippen LogP contribution in [0.3, 0.4) is 0 Å². The van der Waals surface area contributed by atoms with E-state index < -0.39 is 5.97 Å². The molecular formula is C15H25NO2. The number of carbonyl (C=O) groups is 1. The highest BCUT2D eigenvalue weighted by molar-refractivity contribution is 5.71. The number of hydrogen-bond donors (Lipinski definition) is 1. The zero-order valence-corrected chi connectivity index (χ0v) is 11.2. The van der Waals surface area contributed by atoms with Gasteiger partial charge in [-0.15, -0.1) is 0 Å². The van der Waals surface area contributed by atoms with Crippen LogP contribution in [0.25, 0.3) is 0 Å². The van der Waals surface area contributed by atoms with E-state index in [2.05, 4.69) is 4.90 Å². The maximum Gasteiger partial charge on any atom is 0.308 e. The van der Waals surface area contributed by atoms with E-state index in [4.69, 9.17) is 0 Å². The Kier molecular flexibility index (Phi) is 3.60. The maximum atomic E-state index is 11.4. The SMILES string of the molecule is O=C(O)C1CCCC1N1CCC[C@H]2CCCC[C@H]21. The van der Waals surface area contributed by atoms with Gasteiger partial charge in [0.2, 0.25) is 0 Å². The molecule has 1 aliphatic heterocycles. The number of aliphatic carboxylic acids is 1. The normalized spacial score (nSPS) is 41.6. The molecule has 1 saturated heterocycles. The van der Waals surface area contributed by atoms with Crippen LogP contribution < -0.4 is 0 Å². The fourth-order valence-corrected chi connectivity index (χ4v) is 4.70. The van der Waals surface area contributed by atoms with Crippen LogP contribution in [0.2, 0.25) is 0 Å². The average molecular weight is 251 g/mol. The van der Waals surface area contributed by atoms with E-state index in [1.165, 1.54) is 38.5 Å². The highest BCUT2D eigenvalue weighted by Crippen LogP contribution is 2.40. The van der Waals surface area contributed by atoms with Gasteiger partial charge in [-0.1, -0.05) is 19.3 Å². The van der Waals surface area contributed by atoms with E-state index in [9.17, 15) is 9.90 Å². The Morgan fingerprint density at radius 1 is 0.889 bits per heavy atom. The van der Waals surface area contributed by atoms with Gasteiger partial charge < -0.3 is 5.11 Å². The van der Waals surface area contributed by atoms with Gasteiger partial charge in [0.05, 0.1) is 5.92 Å². The van der Waals surface area contributed by atoms with Crippen LogP contribution >= 0.6 is 0 Å². The molecule has 3 nitrogen and oxygen atoms in total. The van der Waals surface area contributed by atoms with E-state index >= 15 is 0 Å². The summed E-state index contributed by atoms with van der Waals surface area (Å²) in [5.41, 5.74) is 0. The number of carboxylic acids is 1. The molecule has 2 saturated carbocycles. The molecule has 2 aliphatic carbocycles. The molecule has 18 heavy (non-hydrogen) atoms. The maximum absolute atomic E-state index is 11.4. The molecule has 0 aromatic rings. The van der Waals surface area contributed by atoms with Crippen LogP contribution in [0.4, 0.5) is 0 Å². The number of likely N-dealkylation sites (tertiary alicyclic amines) is 1. The molecule has 3 heteroatoms. The summed E-state index contributed by atoms with van der Waals surface area (Å²) in [5.74, 6) is 0.212. The van der Waals surface area contributed by atoms with Crippen LogP contribution in [0.5, 0.6) is 0 Å². The van der Waals surface area contributed by atoms with Crippen LogP contribution in [-0.4, -0.2) is 34.6 Å². The first-order valence-corrected chi connectivity index (χ1v) is 7.76. The minimum absolute atomic E-state index is 0.0920.